The first-order valence-electron chi connectivity index (χ1n) is 11.3. The van der Waals surface area contributed by atoms with Crippen LogP contribution in [-0.4, -0.2) is 56.8 Å². The number of hydrogen-bond acceptors (Lipinski definition) is 5. The number of nitrogen functional groups attached to an aromatic ring is 1. The molecule has 1 saturated heterocycles. The molecule has 0 unspecified atom stereocenters. The van der Waals surface area contributed by atoms with Crippen LogP contribution in [0.15, 0.2) is 43.1 Å². The van der Waals surface area contributed by atoms with Gasteiger partial charge in [-0.3, -0.25) is 9.59 Å². The standard InChI is InChI=1S/C25H21F2N5O2S/c1-2-19(33)31-9-10-32-13(12-31)5-7-30-8-6-15-20(18(27)11-16(22(15)30)24(32)34)14-3-4-17(26)23-21(14)29-25(28)35-23/h2-4,6,8,11,13H,1,5,7,9-10,12H2,(H2,28,29)/t13-/m0/s1. The molecule has 1 fully saturated rings. The lowest BCUT2D eigenvalue weighted by Gasteiger charge is -2.42. The van der Waals surface area contributed by atoms with Gasteiger partial charge in [0.05, 0.1) is 27.3 Å². The van der Waals surface area contributed by atoms with Crippen molar-refractivity contribution < 1.29 is 18.4 Å². The maximum Gasteiger partial charge on any atom is 0.256 e. The predicted octanol–water partition coefficient (Wildman–Crippen LogP) is 4.02. The minimum absolute atomic E-state index is 0.160. The number of fused-ring (bicyclic) bond motifs is 2. The average Bonchev–Trinajstić information content (AvgIpc) is 3.45. The summed E-state index contributed by atoms with van der Waals surface area (Å²) in [7, 11) is 0. The zero-order valence-corrected chi connectivity index (χ0v) is 19.4. The zero-order valence-electron chi connectivity index (χ0n) is 18.6. The first-order valence-corrected chi connectivity index (χ1v) is 12.1. The van der Waals surface area contributed by atoms with Gasteiger partial charge in [0, 0.05) is 48.9 Å². The van der Waals surface area contributed by atoms with Crippen LogP contribution in [0, 0.1) is 11.6 Å². The third-order valence-electron chi connectivity index (χ3n) is 6.94. The van der Waals surface area contributed by atoms with Gasteiger partial charge in [-0.15, -0.1) is 0 Å². The van der Waals surface area contributed by atoms with Crippen LogP contribution in [0.1, 0.15) is 16.8 Å². The van der Waals surface area contributed by atoms with E-state index in [-0.39, 0.29) is 38.8 Å². The number of piperazine rings is 1. The van der Waals surface area contributed by atoms with Crippen LogP contribution in [0.25, 0.3) is 32.2 Å². The van der Waals surface area contributed by atoms with Crippen molar-refractivity contribution in [2.45, 2.75) is 19.0 Å². The zero-order chi connectivity index (χ0) is 24.4. The van der Waals surface area contributed by atoms with Crippen LogP contribution in [0.3, 0.4) is 0 Å². The SMILES string of the molecule is C=CC(=O)N1CCN2C(=O)c3cc(F)c(-c4ccc(F)c5sc(N)nc45)c4ccn(c34)CC[C@H]2C1. The molecule has 2 aromatic heterocycles. The topological polar surface area (TPSA) is 84.5 Å². The average molecular weight is 494 g/mol. The number of thiazole rings is 1. The van der Waals surface area contributed by atoms with Gasteiger partial charge >= 0.3 is 0 Å². The number of hydrogen-bond donors (Lipinski definition) is 1. The van der Waals surface area contributed by atoms with Gasteiger partial charge in [0.25, 0.3) is 5.91 Å². The van der Waals surface area contributed by atoms with Crippen molar-refractivity contribution in [2.75, 3.05) is 25.4 Å². The third kappa shape index (κ3) is 3.23. The molecule has 4 heterocycles. The third-order valence-corrected chi connectivity index (χ3v) is 7.84. The fourth-order valence-electron chi connectivity index (χ4n) is 5.33. The Morgan fingerprint density at radius 3 is 2.80 bits per heavy atom. The van der Waals surface area contributed by atoms with Crippen LogP contribution < -0.4 is 5.73 Å². The Kier molecular flexibility index (Phi) is 4.89. The molecule has 4 aromatic rings. The summed E-state index contributed by atoms with van der Waals surface area (Å²) in [6, 6.07) is 5.67. The van der Waals surface area contributed by atoms with Crippen molar-refractivity contribution in [3.8, 4) is 11.1 Å². The van der Waals surface area contributed by atoms with Gasteiger partial charge < -0.3 is 20.1 Å². The Labute approximate surface area is 203 Å². The molecular weight excluding hydrogens is 472 g/mol. The van der Waals surface area contributed by atoms with E-state index in [2.05, 4.69) is 11.6 Å². The summed E-state index contributed by atoms with van der Waals surface area (Å²) in [6.07, 6.45) is 3.77. The monoisotopic (exact) mass is 493 g/mol. The Balaban J connectivity index is 1.50. The van der Waals surface area contributed by atoms with E-state index in [0.717, 1.165) is 11.3 Å². The Hall–Kier alpha value is -3.79. The number of rotatable bonds is 2. The van der Waals surface area contributed by atoms with Gasteiger partial charge in [-0.05, 0) is 36.8 Å². The van der Waals surface area contributed by atoms with Crippen LogP contribution in [0.5, 0.6) is 0 Å². The molecule has 178 valence electrons. The first-order chi connectivity index (χ1) is 16.9. The van der Waals surface area contributed by atoms with E-state index in [4.69, 9.17) is 5.73 Å². The lowest BCUT2D eigenvalue weighted by Crippen LogP contribution is -2.57. The highest BCUT2D eigenvalue weighted by molar-refractivity contribution is 7.22. The first kappa shape index (κ1) is 21.7. The number of anilines is 1. The number of aromatic nitrogens is 2. The minimum atomic E-state index is -0.587. The number of carbonyl (C=O) groups excluding carboxylic acids is 2. The van der Waals surface area contributed by atoms with Gasteiger partial charge in [-0.25, -0.2) is 13.8 Å². The van der Waals surface area contributed by atoms with Crippen LogP contribution in [-0.2, 0) is 11.3 Å². The van der Waals surface area contributed by atoms with Gasteiger partial charge in [0.15, 0.2) is 5.13 Å². The number of nitrogens with two attached hydrogens (primary N) is 1. The summed E-state index contributed by atoms with van der Waals surface area (Å²) in [6.45, 7) is 5.33. The van der Waals surface area contributed by atoms with Crippen molar-refractivity contribution in [1.82, 2.24) is 19.4 Å². The number of aryl methyl sites for hydroxylation is 1. The van der Waals surface area contributed by atoms with Crippen molar-refractivity contribution >= 4 is 49.4 Å². The molecule has 0 aliphatic carbocycles. The summed E-state index contributed by atoms with van der Waals surface area (Å²) in [4.78, 5) is 33.5. The molecule has 7 nitrogen and oxygen atoms in total. The highest BCUT2D eigenvalue weighted by Gasteiger charge is 2.35. The van der Waals surface area contributed by atoms with E-state index in [9.17, 15) is 14.0 Å². The normalized spacial score (nSPS) is 18.0. The summed E-state index contributed by atoms with van der Waals surface area (Å²) in [5, 5.41) is 0.758. The van der Waals surface area contributed by atoms with E-state index in [1.165, 1.54) is 24.3 Å². The van der Waals surface area contributed by atoms with Crippen molar-refractivity contribution in [1.29, 1.82) is 0 Å². The van der Waals surface area contributed by atoms with E-state index in [1.54, 1.807) is 15.9 Å². The number of carbonyl (C=O) groups is 2. The highest BCUT2D eigenvalue weighted by Crippen LogP contribution is 2.41. The van der Waals surface area contributed by atoms with E-state index in [1.807, 2.05) is 10.8 Å². The molecule has 2 aromatic carbocycles. The second-order valence-electron chi connectivity index (χ2n) is 8.81. The Bertz CT molecular complexity index is 1560. The van der Waals surface area contributed by atoms with Crippen LogP contribution >= 0.6 is 11.3 Å². The highest BCUT2D eigenvalue weighted by atomic mass is 32.1. The van der Waals surface area contributed by atoms with Crippen LogP contribution in [0.2, 0.25) is 0 Å². The predicted molar refractivity (Wildman–Crippen MR) is 131 cm³/mol. The van der Waals surface area contributed by atoms with Crippen LogP contribution in [0.4, 0.5) is 13.9 Å². The fourth-order valence-corrected chi connectivity index (χ4v) is 6.09. The lowest BCUT2D eigenvalue weighted by atomic mass is 9.95. The smallest absolute Gasteiger partial charge is 0.256 e. The largest absolute Gasteiger partial charge is 0.375 e. The molecule has 1 atom stereocenters. The molecule has 0 saturated carbocycles. The van der Waals surface area contributed by atoms with E-state index in [0.29, 0.717) is 54.6 Å². The molecule has 2 aliphatic heterocycles. The molecule has 0 bridgehead atoms. The Morgan fingerprint density at radius 2 is 2.00 bits per heavy atom. The van der Waals surface area contributed by atoms with Gasteiger partial charge in [-0.2, -0.15) is 0 Å². The maximum atomic E-state index is 15.8. The summed E-state index contributed by atoms with van der Waals surface area (Å²) >= 11 is 1.01. The number of halogens is 2. The second kappa shape index (κ2) is 7.88. The van der Waals surface area contributed by atoms with E-state index < -0.39 is 11.6 Å². The number of amides is 2. The molecule has 2 amide bonds. The lowest BCUT2D eigenvalue weighted by molar-refractivity contribution is -0.128. The van der Waals surface area contributed by atoms with Crippen molar-refractivity contribution in [2.24, 2.45) is 0 Å². The molecule has 0 radical (unpaired) electrons. The second-order valence-corrected chi connectivity index (χ2v) is 9.84. The van der Waals surface area contributed by atoms with Crippen molar-refractivity contribution in [3.05, 3.63) is 60.3 Å². The molecule has 35 heavy (non-hydrogen) atoms. The summed E-state index contributed by atoms with van der Waals surface area (Å²) < 4.78 is 32.4. The maximum absolute atomic E-state index is 15.8. The van der Waals surface area contributed by atoms with Gasteiger partial charge in [0.1, 0.15) is 11.6 Å². The minimum Gasteiger partial charge on any atom is -0.375 e. The quantitative estimate of drug-likeness (QED) is 0.428. The molecule has 6 rings (SSSR count). The summed E-state index contributed by atoms with van der Waals surface area (Å²) in [5.41, 5.74) is 7.74. The number of nitrogens with zero attached hydrogens (tertiary/aromatic N) is 4. The van der Waals surface area contributed by atoms with E-state index >= 15 is 4.39 Å². The van der Waals surface area contributed by atoms with Gasteiger partial charge in [0.2, 0.25) is 5.91 Å². The van der Waals surface area contributed by atoms with Gasteiger partial charge in [-0.1, -0.05) is 17.9 Å². The molecule has 2 aliphatic rings. The molecule has 2 N–H and O–H groups in total. The fraction of sp³-hybridized carbons (Fsp3) is 0.240. The van der Waals surface area contributed by atoms with Crippen molar-refractivity contribution in [3.63, 3.8) is 0 Å². The molecular formula is C25H21F2N5O2S. The molecule has 10 heteroatoms. The molecule has 0 spiro atoms. The number of benzene rings is 2. The Morgan fingerprint density at radius 1 is 1.17 bits per heavy atom. The summed E-state index contributed by atoms with van der Waals surface area (Å²) in [5.74, 6) is -1.48.